The van der Waals surface area contributed by atoms with E-state index in [4.69, 9.17) is 15.2 Å². The molecule has 0 spiro atoms. The molecule has 1 aromatic carbocycles. The van der Waals surface area contributed by atoms with Gasteiger partial charge >= 0.3 is 0 Å². The van der Waals surface area contributed by atoms with E-state index in [0.717, 1.165) is 37.9 Å². The van der Waals surface area contributed by atoms with Crippen LogP contribution in [0.3, 0.4) is 0 Å². The predicted octanol–water partition coefficient (Wildman–Crippen LogP) is 3.29. The maximum Gasteiger partial charge on any atom is 0.229 e. The molecule has 2 aromatic rings. The minimum atomic E-state index is 0.474. The van der Waals surface area contributed by atoms with Crippen molar-refractivity contribution in [2.75, 3.05) is 19.6 Å². The molecule has 134 valence electrons. The van der Waals surface area contributed by atoms with Crippen molar-refractivity contribution in [2.24, 2.45) is 11.7 Å². The number of nitrogens with zero attached hydrogens (tertiary/aromatic N) is 3. The molecule has 1 saturated carbocycles. The molecule has 2 heterocycles. The van der Waals surface area contributed by atoms with Crippen LogP contribution >= 0.6 is 0 Å². The summed E-state index contributed by atoms with van der Waals surface area (Å²) >= 11 is 0. The lowest BCUT2D eigenvalue weighted by Crippen LogP contribution is -2.23. The van der Waals surface area contributed by atoms with Gasteiger partial charge in [0.15, 0.2) is 5.82 Å². The minimum Gasteiger partial charge on any atom is -0.339 e. The summed E-state index contributed by atoms with van der Waals surface area (Å²) in [6, 6.07) is 10.7. The highest BCUT2D eigenvalue weighted by molar-refractivity contribution is 5.22. The maximum atomic E-state index is 6.04. The summed E-state index contributed by atoms with van der Waals surface area (Å²) in [6.45, 7) is 3.49. The topological polar surface area (TPSA) is 68.2 Å². The highest BCUT2D eigenvalue weighted by Gasteiger charge is 2.33. The summed E-state index contributed by atoms with van der Waals surface area (Å²) in [4.78, 5) is 7.12. The van der Waals surface area contributed by atoms with Gasteiger partial charge in [0.05, 0.1) is 6.54 Å². The Bertz CT molecular complexity index is 665. The first-order valence-electron chi connectivity index (χ1n) is 9.63. The predicted molar refractivity (Wildman–Crippen MR) is 97.1 cm³/mol. The highest BCUT2D eigenvalue weighted by Crippen LogP contribution is 2.34. The molecule has 4 rings (SSSR count). The van der Waals surface area contributed by atoms with Crippen molar-refractivity contribution in [1.29, 1.82) is 0 Å². The van der Waals surface area contributed by atoms with E-state index in [-0.39, 0.29) is 0 Å². The summed E-state index contributed by atoms with van der Waals surface area (Å²) in [5.41, 5.74) is 7.43. The van der Waals surface area contributed by atoms with Crippen molar-refractivity contribution >= 4 is 0 Å². The van der Waals surface area contributed by atoms with Gasteiger partial charge in [-0.1, -0.05) is 54.8 Å². The van der Waals surface area contributed by atoms with Gasteiger partial charge in [-0.25, -0.2) is 0 Å². The van der Waals surface area contributed by atoms with Crippen LogP contribution < -0.4 is 5.73 Å². The third-order valence-electron chi connectivity index (χ3n) is 5.85. The fourth-order valence-electron chi connectivity index (χ4n) is 4.45. The molecule has 2 atom stereocenters. The van der Waals surface area contributed by atoms with Crippen molar-refractivity contribution in [2.45, 2.75) is 50.5 Å². The van der Waals surface area contributed by atoms with Gasteiger partial charge in [0.2, 0.25) is 5.89 Å². The molecule has 2 N–H and O–H groups in total. The standard InChI is InChI=1S/C20H28N4O/c21-11-17-12-24(13-18(17)15-7-3-1-4-8-15)14-19-22-20(25-23-19)16-9-5-2-6-10-16/h1,3-4,7-8,16-18H,2,5-6,9-14,21H2/t17-,18+/m1/s1. The smallest absolute Gasteiger partial charge is 0.229 e. The van der Waals surface area contributed by atoms with Crippen LogP contribution in [0, 0.1) is 5.92 Å². The monoisotopic (exact) mass is 340 g/mol. The molecule has 0 unspecified atom stereocenters. The van der Waals surface area contributed by atoms with E-state index in [1.54, 1.807) is 0 Å². The fourth-order valence-corrected chi connectivity index (χ4v) is 4.45. The van der Waals surface area contributed by atoms with Gasteiger partial charge in [0.1, 0.15) is 0 Å². The minimum absolute atomic E-state index is 0.474. The average molecular weight is 340 g/mol. The van der Waals surface area contributed by atoms with Crippen LogP contribution in [-0.4, -0.2) is 34.7 Å². The lowest BCUT2D eigenvalue weighted by Gasteiger charge is -2.17. The van der Waals surface area contributed by atoms with Gasteiger partial charge in [-0.15, -0.1) is 0 Å². The highest BCUT2D eigenvalue weighted by atomic mass is 16.5. The molecule has 1 aliphatic carbocycles. The molecule has 0 bridgehead atoms. The zero-order valence-corrected chi connectivity index (χ0v) is 14.8. The normalized spacial score (nSPS) is 25.5. The van der Waals surface area contributed by atoms with E-state index in [9.17, 15) is 0 Å². The second-order valence-electron chi connectivity index (χ2n) is 7.59. The zero-order valence-electron chi connectivity index (χ0n) is 14.8. The molecule has 1 aliphatic heterocycles. The van der Waals surface area contributed by atoms with Gasteiger partial charge in [0, 0.05) is 24.9 Å². The fraction of sp³-hybridized carbons (Fsp3) is 0.600. The molecular formula is C20H28N4O. The molecule has 25 heavy (non-hydrogen) atoms. The molecule has 5 heteroatoms. The molecule has 2 fully saturated rings. The molecule has 5 nitrogen and oxygen atoms in total. The third-order valence-corrected chi connectivity index (χ3v) is 5.85. The van der Waals surface area contributed by atoms with Crippen molar-refractivity contribution in [1.82, 2.24) is 15.0 Å². The Kier molecular flexibility index (Phi) is 5.13. The molecule has 0 amide bonds. The van der Waals surface area contributed by atoms with E-state index in [1.807, 2.05) is 0 Å². The molecule has 1 saturated heterocycles. The number of aromatic nitrogens is 2. The Morgan fingerprint density at radius 3 is 2.64 bits per heavy atom. The molecular weight excluding hydrogens is 312 g/mol. The Hall–Kier alpha value is -1.72. The Balaban J connectivity index is 1.40. The van der Waals surface area contributed by atoms with Gasteiger partial charge in [-0.3, -0.25) is 4.90 Å². The van der Waals surface area contributed by atoms with E-state index in [0.29, 0.717) is 17.8 Å². The lowest BCUT2D eigenvalue weighted by molar-refractivity contribution is 0.290. The third kappa shape index (κ3) is 3.77. The van der Waals surface area contributed by atoms with Crippen molar-refractivity contribution in [3.8, 4) is 0 Å². The summed E-state index contributed by atoms with van der Waals surface area (Å²) in [7, 11) is 0. The first-order chi connectivity index (χ1) is 12.3. The van der Waals surface area contributed by atoms with Crippen LogP contribution in [0.4, 0.5) is 0 Å². The second-order valence-corrected chi connectivity index (χ2v) is 7.59. The Morgan fingerprint density at radius 1 is 1.08 bits per heavy atom. The van der Waals surface area contributed by atoms with Crippen LogP contribution in [0.2, 0.25) is 0 Å². The van der Waals surface area contributed by atoms with Crippen LogP contribution in [0.25, 0.3) is 0 Å². The summed E-state index contributed by atoms with van der Waals surface area (Å²) in [6.07, 6.45) is 6.29. The van der Waals surface area contributed by atoms with Crippen molar-refractivity contribution < 1.29 is 4.52 Å². The van der Waals surface area contributed by atoms with Crippen LogP contribution in [0.15, 0.2) is 34.9 Å². The average Bonchev–Trinajstić information content (AvgIpc) is 3.30. The van der Waals surface area contributed by atoms with Crippen molar-refractivity contribution in [3.63, 3.8) is 0 Å². The van der Waals surface area contributed by atoms with Crippen LogP contribution in [0.1, 0.15) is 61.2 Å². The second kappa shape index (κ2) is 7.67. The maximum absolute atomic E-state index is 6.04. The molecule has 2 aliphatic rings. The molecule has 1 aromatic heterocycles. The van der Waals surface area contributed by atoms with E-state index in [1.165, 1.54) is 37.7 Å². The zero-order chi connectivity index (χ0) is 17.1. The number of hydrogen-bond donors (Lipinski definition) is 1. The summed E-state index contributed by atoms with van der Waals surface area (Å²) in [5, 5.41) is 4.24. The van der Waals surface area contributed by atoms with E-state index >= 15 is 0 Å². The van der Waals surface area contributed by atoms with Gasteiger partial charge in [-0.05, 0) is 30.9 Å². The van der Waals surface area contributed by atoms with Gasteiger partial charge in [0.25, 0.3) is 0 Å². The Labute approximate surface area is 149 Å². The number of nitrogens with two attached hydrogens (primary N) is 1. The summed E-state index contributed by atoms with van der Waals surface area (Å²) in [5.74, 6) is 3.14. The van der Waals surface area contributed by atoms with Crippen LogP contribution in [-0.2, 0) is 6.54 Å². The van der Waals surface area contributed by atoms with Gasteiger partial charge in [-0.2, -0.15) is 4.98 Å². The largest absolute Gasteiger partial charge is 0.339 e. The Morgan fingerprint density at radius 2 is 1.88 bits per heavy atom. The quantitative estimate of drug-likeness (QED) is 0.904. The molecule has 0 radical (unpaired) electrons. The number of benzene rings is 1. The number of rotatable bonds is 5. The number of likely N-dealkylation sites (tertiary alicyclic amines) is 1. The lowest BCUT2D eigenvalue weighted by atomic mass is 9.89. The van der Waals surface area contributed by atoms with E-state index in [2.05, 4.69) is 40.4 Å². The first kappa shape index (κ1) is 16.7. The SMILES string of the molecule is NC[C@@H]1CN(Cc2noc(C3CCCCC3)n2)C[C@H]1c1ccccc1. The summed E-state index contributed by atoms with van der Waals surface area (Å²) < 4.78 is 5.57. The van der Waals surface area contributed by atoms with Crippen molar-refractivity contribution in [3.05, 3.63) is 47.6 Å². The number of hydrogen-bond acceptors (Lipinski definition) is 5. The van der Waals surface area contributed by atoms with E-state index < -0.39 is 0 Å². The van der Waals surface area contributed by atoms with Crippen LogP contribution in [0.5, 0.6) is 0 Å². The first-order valence-corrected chi connectivity index (χ1v) is 9.63. The van der Waals surface area contributed by atoms with Gasteiger partial charge < -0.3 is 10.3 Å².